The monoisotopic (exact) mass is 461 g/mol. The molecule has 0 saturated carbocycles. The van der Waals surface area contributed by atoms with Gasteiger partial charge in [0.1, 0.15) is 0 Å². The smallest absolute Gasteiger partial charge is 0.184 e. The Labute approximate surface area is 202 Å². The maximum absolute atomic E-state index is 4.96. The van der Waals surface area contributed by atoms with Crippen LogP contribution in [0.4, 0.5) is 10.9 Å². The van der Waals surface area contributed by atoms with E-state index in [1.54, 1.807) is 23.7 Å². The van der Waals surface area contributed by atoms with E-state index in [0.717, 1.165) is 38.0 Å². The number of pyridine rings is 2. The van der Waals surface area contributed by atoms with Gasteiger partial charge in [0.05, 0.1) is 10.6 Å². The fourth-order valence-corrected chi connectivity index (χ4v) is 4.55. The Morgan fingerprint density at radius 3 is 2.65 bits per heavy atom. The molecule has 0 bridgehead atoms. The molecule has 1 N–H and O–H groups in total. The van der Waals surface area contributed by atoms with Crippen LogP contribution in [0.2, 0.25) is 0 Å². The van der Waals surface area contributed by atoms with Gasteiger partial charge in [-0.15, -0.1) is 0 Å². The Morgan fingerprint density at radius 2 is 1.82 bits per heavy atom. The van der Waals surface area contributed by atoms with Gasteiger partial charge in [-0.25, -0.2) is 15.0 Å². The zero-order valence-corrected chi connectivity index (χ0v) is 19.5. The van der Waals surface area contributed by atoms with Crippen LogP contribution in [-0.2, 0) is 6.54 Å². The van der Waals surface area contributed by atoms with Gasteiger partial charge in [0, 0.05) is 36.9 Å². The predicted octanol–water partition coefficient (Wildman–Crippen LogP) is 6.94. The van der Waals surface area contributed by atoms with Gasteiger partial charge in [-0.2, -0.15) is 0 Å². The molecule has 0 saturated heterocycles. The van der Waals surface area contributed by atoms with Crippen molar-refractivity contribution in [3.8, 4) is 21.7 Å². The summed E-state index contributed by atoms with van der Waals surface area (Å²) >= 11 is 1.63. The standard InChI is InChI=1S/C28H23N5S/c1-20-7-5-11-23(15-20)26-27(34-28(33-26)32-19-22-10-6-13-29-17-22)24-12-14-30-25(16-24)31-18-21-8-3-2-4-9-21/h2-18H,19H2,1H3,(H,32,33). The van der Waals surface area contributed by atoms with Crippen molar-refractivity contribution in [2.45, 2.75) is 13.5 Å². The molecule has 0 spiro atoms. The van der Waals surface area contributed by atoms with Crippen LogP contribution in [0.15, 0.2) is 102 Å². The minimum Gasteiger partial charge on any atom is -0.357 e. The second kappa shape index (κ2) is 10.2. The molecule has 0 aliphatic rings. The van der Waals surface area contributed by atoms with Gasteiger partial charge < -0.3 is 5.32 Å². The van der Waals surface area contributed by atoms with Crippen LogP contribution in [0.3, 0.4) is 0 Å². The highest BCUT2D eigenvalue weighted by Crippen LogP contribution is 2.40. The van der Waals surface area contributed by atoms with Crippen LogP contribution in [0.5, 0.6) is 0 Å². The molecule has 0 aliphatic heterocycles. The van der Waals surface area contributed by atoms with Crippen molar-refractivity contribution in [1.82, 2.24) is 15.0 Å². The van der Waals surface area contributed by atoms with Crippen molar-refractivity contribution in [2.24, 2.45) is 4.99 Å². The first-order valence-electron chi connectivity index (χ1n) is 11.0. The number of hydrogen-bond acceptors (Lipinski definition) is 6. The van der Waals surface area contributed by atoms with Gasteiger partial charge in [-0.3, -0.25) is 4.98 Å². The maximum Gasteiger partial charge on any atom is 0.184 e. The van der Waals surface area contributed by atoms with Crippen LogP contribution in [0.1, 0.15) is 16.7 Å². The Balaban J connectivity index is 1.49. The van der Waals surface area contributed by atoms with Crippen LogP contribution < -0.4 is 5.32 Å². The van der Waals surface area contributed by atoms with Crippen molar-refractivity contribution in [3.05, 3.63) is 114 Å². The number of thiazole rings is 1. The van der Waals surface area contributed by atoms with Crippen molar-refractivity contribution >= 4 is 28.5 Å². The van der Waals surface area contributed by atoms with E-state index in [-0.39, 0.29) is 0 Å². The second-order valence-electron chi connectivity index (χ2n) is 7.85. The molecule has 0 fully saturated rings. The van der Waals surface area contributed by atoms with Crippen LogP contribution in [-0.4, -0.2) is 21.2 Å². The van der Waals surface area contributed by atoms with Crippen LogP contribution >= 0.6 is 11.3 Å². The number of anilines is 1. The average molecular weight is 462 g/mol. The summed E-state index contributed by atoms with van der Waals surface area (Å²) < 4.78 is 0. The maximum atomic E-state index is 4.96. The van der Waals surface area contributed by atoms with Crippen molar-refractivity contribution in [3.63, 3.8) is 0 Å². The minimum atomic E-state index is 0.662. The van der Waals surface area contributed by atoms with E-state index >= 15 is 0 Å². The third kappa shape index (κ3) is 5.24. The Bertz CT molecular complexity index is 1410. The highest BCUT2D eigenvalue weighted by atomic mass is 32.1. The largest absolute Gasteiger partial charge is 0.357 e. The first-order chi connectivity index (χ1) is 16.7. The molecule has 5 rings (SSSR count). The lowest BCUT2D eigenvalue weighted by molar-refractivity contribution is 1.10. The molecule has 0 unspecified atom stereocenters. The molecule has 0 atom stereocenters. The SMILES string of the molecule is Cc1cccc(-c2nc(NCc3cccnc3)sc2-c2ccnc(N=Cc3ccccc3)c2)c1. The molecular weight excluding hydrogens is 438 g/mol. The van der Waals surface area contributed by atoms with E-state index in [2.05, 4.69) is 57.5 Å². The van der Waals surface area contributed by atoms with E-state index in [1.165, 1.54) is 5.56 Å². The van der Waals surface area contributed by atoms with Gasteiger partial charge in [0.15, 0.2) is 10.9 Å². The predicted molar refractivity (Wildman–Crippen MR) is 141 cm³/mol. The number of aliphatic imine (C=N–C) groups is 1. The second-order valence-corrected chi connectivity index (χ2v) is 8.85. The number of nitrogens with one attached hydrogen (secondary N) is 1. The number of aromatic nitrogens is 3. The van der Waals surface area contributed by atoms with E-state index in [9.17, 15) is 0 Å². The third-order valence-electron chi connectivity index (χ3n) is 5.24. The lowest BCUT2D eigenvalue weighted by Crippen LogP contribution is -1.98. The van der Waals surface area contributed by atoms with Crippen molar-refractivity contribution < 1.29 is 0 Å². The first-order valence-corrected chi connectivity index (χ1v) is 11.8. The summed E-state index contributed by atoms with van der Waals surface area (Å²) in [6.07, 6.45) is 7.28. The molecule has 34 heavy (non-hydrogen) atoms. The van der Waals surface area contributed by atoms with Crippen molar-refractivity contribution in [1.29, 1.82) is 0 Å². The van der Waals surface area contributed by atoms with Gasteiger partial charge in [0.25, 0.3) is 0 Å². The lowest BCUT2D eigenvalue weighted by Gasteiger charge is -2.04. The number of rotatable bonds is 7. The molecular formula is C28H23N5S. The summed E-state index contributed by atoms with van der Waals surface area (Å²) in [6.45, 7) is 2.76. The molecule has 166 valence electrons. The average Bonchev–Trinajstić information content (AvgIpc) is 3.32. The number of benzene rings is 2. The zero-order chi connectivity index (χ0) is 23.2. The highest BCUT2D eigenvalue weighted by Gasteiger charge is 2.16. The fraction of sp³-hybridized carbons (Fsp3) is 0.0714. The van der Waals surface area contributed by atoms with E-state index in [0.29, 0.717) is 12.4 Å². The Morgan fingerprint density at radius 1 is 0.912 bits per heavy atom. The first kappa shape index (κ1) is 21.7. The summed E-state index contributed by atoms with van der Waals surface area (Å²) in [7, 11) is 0. The molecule has 2 aromatic carbocycles. The van der Waals surface area contributed by atoms with Gasteiger partial charge >= 0.3 is 0 Å². The summed E-state index contributed by atoms with van der Waals surface area (Å²) in [5.74, 6) is 0.662. The molecule has 3 aromatic heterocycles. The number of aryl methyl sites for hydroxylation is 1. The molecule has 5 aromatic rings. The summed E-state index contributed by atoms with van der Waals surface area (Å²) in [4.78, 5) is 19.3. The van der Waals surface area contributed by atoms with Gasteiger partial charge in [-0.05, 0) is 47.9 Å². The van der Waals surface area contributed by atoms with Crippen LogP contribution in [0, 0.1) is 6.92 Å². The molecule has 6 heteroatoms. The molecule has 3 heterocycles. The molecule has 0 aliphatic carbocycles. The van der Waals surface area contributed by atoms with Crippen LogP contribution in [0.25, 0.3) is 21.7 Å². The summed E-state index contributed by atoms with van der Waals surface area (Å²) in [5.41, 5.74) is 6.42. The Kier molecular flexibility index (Phi) is 6.49. The number of hydrogen-bond donors (Lipinski definition) is 1. The fourth-order valence-electron chi connectivity index (χ4n) is 3.57. The summed E-state index contributed by atoms with van der Waals surface area (Å²) in [5, 5.41) is 4.32. The Hall–Kier alpha value is -4.16. The minimum absolute atomic E-state index is 0.662. The normalized spacial score (nSPS) is 11.1. The lowest BCUT2D eigenvalue weighted by atomic mass is 10.1. The third-order valence-corrected chi connectivity index (χ3v) is 6.30. The van der Waals surface area contributed by atoms with E-state index in [4.69, 9.17) is 4.98 Å². The number of nitrogens with zero attached hydrogens (tertiary/aromatic N) is 4. The summed E-state index contributed by atoms with van der Waals surface area (Å²) in [6, 6.07) is 26.5. The quantitative estimate of drug-likeness (QED) is 0.267. The van der Waals surface area contributed by atoms with Crippen molar-refractivity contribution in [2.75, 3.05) is 5.32 Å². The molecule has 0 radical (unpaired) electrons. The van der Waals surface area contributed by atoms with E-state index < -0.39 is 0 Å². The van der Waals surface area contributed by atoms with Gasteiger partial charge in [0.2, 0.25) is 0 Å². The molecule has 5 nitrogen and oxygen atoms in total. The van der Waals surface area contributed by atoms with E-state index in [1.807, 2.05) is 60.9 Å². The van der Waals surface area contributed by atoms with Gasteiger partial charge in [-0.1, -0.05) is 71.5 Å². The highest BCUT2D eigenvalue weighted by molar-refractivity contribution is 7.19. The molecule has 0 amide bonds. The zero-order valence-electron chi connectivity index (χ0n) is 18.7. The topological polar surface area (TPSA) is 63.1 Å².